The molecule has 0 aliphatic heterocycles. The zero-order valence-corrected chi connectivity index (χ0v) is 10.6. The fourth-order valence-electron chi connectivity index (χ4n) is 2.28. The Morgan fingerprint density at radius 1 is 1.29 bits per heavy atom. The third-order valence-corrected chi connectivity index (χ3v) is 3.29. The standard InChI is InChI=1S/C14H22N2O/c1-12-7-8-14(11-16-12)17-10-9-15-13-5-3-2-4-6-13/h7-8,11,13,15H,2-6,9-10H2,1H3. The fourth-order valence-corrected chi connectivity index (χ4v) is 2.28. The quantitative estimate of drug-likeness (QED) is 0.795. The van der Waals surface area contributed by atoms with Crippen molar-refractivity contribution >= 4 is 0 Å². The van der Waals surface area contributed by atoms with Gasteiger partial charge in [0.2, 0.25) is 0 Å². The van der Waals surface area contributed by atoms with E-state index < -0.39 is 0 Å². The fraction of sp³-hybridized carbons (Fsp3) is 0.643. The van der Waals surface area contributed by atoms with Gasteiger partial charge in [-0.2, -0.15) is 0 Å². The van der Waals surface area contributed by atoms with Crippen LogP contribution in [0.4, 0.5) is 0 Å². The highest BCUT2D eigenvalue weighted by atomic mass is 16.5. The maximum Gasteiger partial charge on any atom is 0.137 e. The number of aromatic nitrogens is 1. The molecule has 0 saturated heterocycles. The third kappa shape index (κ3) is 4.35. The van der Waals surface area contributed by atoms with E-state index >= 15 is 0 Å². The Morgan fingerprint density at radius 2 is 2.12 bits per heavy atom. The van der Waals surface area contributed by atoms with Crippen LogP contribution in [0.15, 0.2) is 18.3 Å². The normalized spacial score (nSPS) is 17.0. The average Bonchev–Trinajstić information content (AvgIpc) is 2.38. The topological polar surface area (TPSA) is 34.1 Å². The van der Waals surface area contributed by atoms with Crippen molar-refractivity contribution in [2.24, 2.45) is 0 Å². The molecule has 0 radical (unpaired) electrons. The SMILES string of the molecule is Cc1ccc(OCCNC2CCCCC2)cn1. The monoisotopic (exact) mass is 234 g/mol. The van der Waals surface area contributed by atoms with Crippen molar-refractivity contribution < 1.29 is 4.74 Å². The second-order valence-corrected chi connectivity index (χ2v) is 4.77. The lowest BCUT2D eigenvalue weighted by molar-refractivity contribution is 0.288. The minimum atomic E-state index is 0.712. The second-order valence-electron chi connectivity index (χ2n) is 4.77. The molecule has 2 rings (SSSR count). The molecule has 1 saturated carbocycles. The number of hydrogen-bond donors (Lipinski definition) is 1. The van der Waals surface area contributed by atoms with E-state index in [4.69, 9.17) is 4.74 Å². The first-order valence-electron chi connectivity index (χ1n) is 6.63. The van der Waals surface area contributed by atoms with Gasteiger partial charge in [0.25, 0.3) is 0 Å². The molecule has 1 aliphatic carbocycles. The summed E-state index contributed by atoms with van der Waals surface area (Å²) in [7, 11) is 0. The van der Waals surface area contributed by atoms with Crippen LogP contribution in [-0.4, -0.2) is 24.2 Å². The molecule has 3 heteroatoms. The highest BCUT2D eigenvalue weighted by molar-refractivity contribution is 5.18. The number of nitrogens with one attached hydrogen (secondary N) is 1. The van der Waals surface area contributed by atoms with Crippen LogP contribution in [0, 0.1) is 6.92 Å². The van der Waals surface area contributed by atoms with Crippen LogP contribution >= 0.6 is 0 Å². The lowest BCUT2D eigenvalue weighted by Gasteiger charge is -2.22. The summed E-state index contributed by atoms with van der Waals surface area (Å²) in [5, 5.41) is 3.56. The predicted molar refractivity (Wildman–Crippen MR) is 69.3 cm³/mol. The number of nitrogens with zero attached hydrogens (tertiary/aromatic N) is 1. The van der Waals surface area contributed by atoms with Gasteiger partial charge in [-0.3, -0.25) is 4.98 Å². The number of ether oxygens (including phenoxy) is 1. The van der Waals surface area contributed by atoms with Gasteiger partial charge in [-0.1, -0.05) is 19.3 Å². The molecule has 0 bridgehead atoms. The van der Waals surface area contributed by atoms with Crippen LogP contribution in [0.2, 0.25) is 0 Å². The molecule has 3 nitrogen and oxygen atoms in total. The molecule has 1 heterocycles. The molecule has 0 unspecified atom stereocenters. The first-order chi connectivity index (χ1) is 8.34. The van der Waals surface area contributed by atoms with E-state index in [1.807, 2.05) is 19.1 Å². The smallest absolute Gasteiger partial charge is 0.137 e. The van der Waals surface area contributed by atoms with Crippen LogP contribution in [0.5, 0.6) is 5.75 Å². The summed E-state index contributed by atoms with van der Waals surface area (Å²) in [6, 6.07) is 4.66. The van der Waals surface area contributed by atoms with E-state index in [-0.39, 0.29) is 0 Å². The van der Waals surface area contributed by atoms with E-state index in [2.05, 4.69) is 10.3 Å². The summed E-state index contributed by atoms with van der Waals surface area (Å²) in [4.78, 5) is 4.20. The summed E-state index contributed by atoms with van der Waals surface area (Å²) in [6.07, 6.45) is 8.60. The minimum absolute atomic E-state index is 0.712. The van der Waals surface area contributed by atoms with Crippen LogP contribution in [0.3, 0.4) is 0 Å². The average molecular weight is 234 g/mol. The zero-order chi connectivity index (χ0) is 11.9. The number of pyridine rings is 1. The molecule has 1 aliphatic rings. The summed E-state index contributed by atoms with van der Waals surface area (Å²) < 4.78 is 5.63. The largest absolute Gasteiger partial charge is 0.491 e. The second kappa shape index (κ2) is 6.60. The molecule has 0 spiro atoms. The number of aryl methyl sites for hydroxylation is 1. The molecule has 1 fully saturated rings. The van der Waals surface area contributed by atoms with Gasteiger partial charge in [-0.15, -0.1) is 0 Å². The van der Waals surface area contributed by atoms with Gasteiger partial charge in [0, 0.05) is 18.3 Å². The molecular formula is C14H22N2O. The summed E-state index contributed by atoms with van der Waals surface area (Å²) in [6.45, 7) is 3.63. The Bertz CT molecular complexity index is 317. The zero-order valence-electron chi connectivity index (χ0n) is 10.6. The Labute approximate surface area is 104 Å². The van der Waals surface area contributed by atoms with Gasteiger partial charge < -0.3 is 10.1 Å². The van der Waals surface area contributed by atoms with Crippen molar-refractivity contribution in [3.63, 3.8) is 0 Å². The van der Waals surface area contributed by atoms with Crippen LogP contribution < -0.4 is 10.1 Å². The van der Waals surface area contributed by atoms with Gasteiger partial charge in [-0.25, -0.2) is 0 Å². The van der Waals surface area contributed by atoms with Gasteiger partial charge in [-0.05, 0) is 31.9 Å². The van der Waals surface area contributed by atoms with Crippen molar-refractivity contribution in [2.75, 3.05) is 13.2 Å². The molecule has 1 aromatic heterocycles. The molecule has 17 heavy (non-hydrogen) atoms. The van der Waals surface area contributed by atoms with E-state index in [1.165, 1.54) is 32.1 Å². The van der Waals surface area contributed by atoms with Crippen molar-refractivity contribution in [3.05, 3.63) is 24.0 Å². The summed E-state index contributed by atoms with van der Waals surface area (Å²) in [5.41, 5.74) is 1.03. The van der Waals surface area contributed by atoms with Crippen molar-refractivity contribution in [2.45, 2.75) is 45.1 Å². The van der Waals surface area contributed by atoms with Gasteiger partial charge in [0.15, 0.2) is 0 Å². The molecular weight excluding hydrogens is 212 g/mol. The number of rotatable bonds is 5. The molecule has 1 N–H and O–H groups in total. The van der Waals surface area contributed by atoms with E-state index in [1.54, 1.807) is 6.20 Å². The van der Waals surface area contributed by atoms with E-state index in [9.17, 15) is 0 Å². The molecule has 0 amide bonds. The lowest BCUT2D eigenvalue weighted by Crippen LogP contribution is -2.34. The lowest BCUT2D eigenvalue weighted by atomic mass is 9.96. The third-order valence-electron chi connectivity index (χ3n) is 3.29. The maximum absolute atomic E-state index is 5.63. The molecule has 0 aromatic carbocycles. The van der Waals surface area contributed by atoms with E-state index in [0.717, 1.165) is 24.6 Å². The number of hydrogen-bond acceptors (Lipinski definition) is 3. The molecule has 1 aromatic rings. The van der Waals surface area contributed by atoms with Crippen molar-refractivity contribution in [1.82, 2.24) is 10.3 Å². The predicted octanol–water partition coefficient (Wildman–Crippen LogP) is 2.69. The summed E-state index contributed by atoms with van der Waals surface area (Å²) in [5.74, 6) is 0.862. The Kier molecular flexibility index (Phi) is 4.80. The van der Waals surface area contributed by atoms with Gasteiger partial charge in [0.05, 0.1) is 6.20 Å². The first kappa shape index (κ1) is 12.4. The Hall–Kier alpha value is -1.09. The minimum Gasteiger partial charge on any atom is -0.491 e. The first-order valence-corrected chi connectivity index (χ1v) is 6.63. The van der Waals surface area contributed by atoms with Crippen molar-refractivity contribution in [1.29, 1.82) is 0 Å². The maximum atomic E-state index is 5.63. The van der Waals surface area contributed by atoms with Crippen LogP contribution in [0.25, 0.3) is 0 Å². The highest BCUT2D eigenvalue weighted by Crippen LogP contribution is 2.17. The highest BCUT2D eigenvalue weighted by Gasteiger charge is 2.11. The van der Waals surface area contributed by atoms with Crippen LogP contribution in [-0.2, 0) is 0 Å². The Balaban J connectivity index is 1.60. The Morgan fingerprint density at radius 3 is 2.82 bits per heavy atom. The van der Waals surface area contributed by atoms with Gasteiger partial charge in [0.1, 0.15) is 12.4 Å². The van der Waals surface area contributed by atoms with Crippen molar-refractivity contribution in [3.8, 4) is 5.75 Å². The van der Waals surface area contributed by atoms with Gasteiger partial charge >= 0.3 is 0 Å². The summed E-state index contributed by atoms with van der Waals surface area (Å²) >= 11 is 0. The molecule has 94 valence electrons. The van der Waals surface area contributed by atoms with E-state index in [0.29, 0.717) is 6.04 Å². The molecule has 0 atom stereocenters. The van der Waals surface area contributed by atoms with Crippen LogP contribution in [0.1, 0.15) is 37.8 Å².